The van der Waals surface area contributed by atoms with E-state index in [4.69, 9.17) is 11.6 Å². The Hall–Kier alpha value is -2.40. The van der Waals surface area contributed by atoms with Gasteiger partial charge in [0.15, 0.2) is 5.69 Å². The van der Waals surface area contributed by atoms with Crippen molar-refractivity contribution in [3.05, 3.63) is 59.1 Å². The van der Waals surface area contributed by atoms with Crippen LogP contribution in [0.5, 0.6) is 0 Å². The number of benzene rings is 1. The van der Waals surface area contributed by atoms with Crippen molar-refractivity contribution in [2.75, 3.05) is 0 Å². The molecule has 0 atom stereocenters. The molecular weight excluding hydrogens is 283 g/mol. The van der Waals surface area contributed by atoms with Crippen LogP contribution >= 0.6 is 11.6 Å². The monoisotopic (exact) mass is 290 g/mol. The summed E-state index contributed by atoms with van der Waals surface area (Å²) in [5.74, 6) is -1.52. The molecule has 100 valence electrons. The summed E-state index contributed by atoms with van der Waals surface area (Å²) in [6.45, 7) is 0. The van der Waals surface area contributed by atoms with Crippen LogP contribution in [0.25, 0.3) is 16.9 Å². The third-order valence-corrected chi connectivity index (χ3v) is 3.13. The molecule has 0 radical (unpaired) electrons. The van der Waals surface area contributed by atoms with Crippen molar-refractivity contribution in [2.24, 2.45) is 0 Å². The van der Waals surface area contributed by atoms with Crippen molar-refractivity contribution in [3.8, 4) is 11.3 Å². The van der Waals surface area contributed by atoms with Gasteiger partial charge in [-0.05, 0) is 36.4 Å². The number of aromatic carboxylic acids is 1. The molecule has 0 saturated carbocycles. The number of fused-ring (bicyclic) bond motifs is 1. The average molecular weight is 291 g/mol. The van der Waals surface area contributed by atoms with Gasteiger partial charge in [0.05, 0.1) is 5.02 Å². The lowest BCUT2D eigenvalue weighted by Crippen LogP contribution is -2.03. The summed E-state index contributed by atoms with van der Waals surface area (Å²) in [4.78, 5) is 15.7. The molecule has 1 aromatic carbocycles. The van der Waals surface area contributed by atoms with E-state index >= 15 is 0 Å². The summed E-state index contributed by atoms with van der Waals surface area (Å²) in [5.41, 5.74) is 1.27. The van der Waals surface area contributed by atoms with Gasteiger partial charge in [0.2, 0.25) is 0 Å². The van der Waals surface area contributed by atoms with Gasteiger partial charge in [0.1, 0.15) is 17.2 Å². The highest BCUT2D eigenvalue weighted by Gasteiger charge is 2.20. The number of rotatable bonds is 2. The fraction of sp³-hybridized carbons (Fsp3) is 0. The Labute approximate surface area is 118 Å². The van der Waals surface area contributed by atoms with E-state index in [0.29, 0.717) is 16.2 Å². The average Bonchev–Trinajstić information content (AvgIpc) is 2.78. The van der Waals surface area contributed by atoms with Crippen molar-refractivity contribution in [3.63, 3.8) is 0 Å². The largest absolute Gasteiger partial charge is 0.476 e. The van der Waals surface area contributed by atoms with Crippen molar-refractivity contribution >= 4 is 23.2 Å². The zero-order chi connectivity index (χ0) is 14.3. The molecule has 2 heterocycles. The van der Waals surface area contributed by atoms with Crippen LogP contribution in [0.2, 0.25) is 5.02 Å². The molecule has 4 nitrogen and oxygen atoms in total. The summed E-state index contributed by atoms with van der Waals surface area (Å²) < 4.78 is 14.4. The Bertz CT molecular complexity index is 812. The Balaban J connectivity index is 2.32. The smallest absolute Gasteiger partial charge is 0.355 e. The first-order valence-corrected chi connectivity index (χ1v) is 6.11. The molecule has 0 saturated heterocycles. The van der Waals surface area contributed by atoms with E-state index in [1.54, 1.807) is 12.1 Å². The maximum absolute atomic E-state index is 13.0. The highest BCUT2D eigenvalue weighted by atomic mass is 35.5. The number of carbonyl (C=O) groups is 1. The molecule has 20 heavy (non-hydrogen) atoms. The van der Waals surface area contributed by atoms with Crippen molar-refractivity contribution in [1.29, 1.82) is 0 Å². The normalized spacial score (nSPS) is 10.9. The number of imidazole rings is 1. The molecular formula is C14H8ClFN2O2. The summed E-state index contributed by atoms with van der Waals surface area (Å²) in [7, 11) is 0. The third kappa shape index (κ3) is 2.02. The zero-order valence-corrected chi connectivity index (χ0v) is 10.8. The van der Waals surface area contributed by atoms with Gasteiger partial charge in [-0.2, -0.15) is 0 Å². The zero-order valence-electron chi connectivity index (χ0n) is 10.0. The summed E-state index contributed by atoms with van der Waals surface area (Å²) >= 11 is 5.88. The van der Waals surface area contributed by atoms with Gasteiger partial charge in [-0.1, -0.05) is 11.6 Å². The SMILES string of the molecule is O=C(O)c1c(-c2ccc(F)cc2)nc2ccc(Cl)cn12. The third-order valence-electron chi connectivity index (χ3n) is 2.90. The van der Waals surface area contributed by atoms with Crippen molar-refractivity contribution in [1.82, 2.24) is 9.38 Å². The minimum atomic E-state index is -1.13. The second kappa shape index (κ2) is 4.61. The first-order valence-electron chi connectivity index (χ1n) is 5.73. The van der Waals surface area contributed by atoms with E-state index in [0.717, 1.165) is 0 Å². The molecule has 0 fully saturated rings. The number of nitrogens with zero attached hydrogens (tertiary/aromatic N) is 2. The quantitative estimate of drug-likeness (QED) is 0.786. The van der Waals surface area contributed by atoms with Crippen LogP contribution in [-0.4, -0.2) is 20.5 Å². The van der Waals surface area contributed by atoms with Gasteiger partial charge in [-0.15, -0.1) is 0 Å². The van der Waals surface area contributed by atoms with Crippen LogP contribution in [0.15, 0.2) is 42.6 Å². The van der Waals surface area contributed by atoms with Crippen LogP contribution in [-0.2, 0) is 0 Å². The first kappa shape index (κ1) is 12.6. The lowest BCUT2D eigenvalue weighted by molar-refractivity contribution is 0.0690. The standard InChI is InChI=1S/C14H8ClFN2O2/c15-9-3-6-11-17-12(8-1-4-10(16)5-2-8)13(14(19)20)18(11)7-9/h1-7H,(H,19,20). The van der Waals surface area contributed by atoms with Gasteiger partial charge in [-0.25, -0.2) is 14.2 Å². The predicted octanol–water partition coefficient (Wildman–Crippen LogP) is 3.49. The van der Waals surface area contributed by atoms with Crippen LogP contribution in [0.4, 0.5) is 4.39 Å². The molecule has 0 bridgehead atoms. The van der Waals surface area contributed by atoms with Crippen LogP contribution in [0.1, 0.15) is 10.5 Å². The highest BCUT2D eigenvalue weighted by Crippen LogP contribution is 2.26. The molecule has 3 aromatic rings. The number of pyridine rings is 1. The Morgan fingerprint density at radius 1 is 1.20 bits per heavy atom. The molecule has 0 aliphatic heterocycles. The number of aromatic nitrogens is 2. The number of hydrogen-bond donors (Lipinski definition) is 1. The van der Waals surface area contributed by atoms with Crippen molar-refractivity contribution < 1.29 is 14.3 Å². The molecule has 2 aromatic heterocycles. The first-order chi connectivity index (χ1) is 9.56. The van der Waals surface area contributed by atoms with E-state index in [9.17, 15) is 14.3 Å². The maximum Gasteiger partial charge on any atom is 0.355 e. The van der Waals surface area contributed by atoms with Gasteiger partial charge in [-0.3, -0.25) is 4.40 Å². The van der Waals surface area contributed by atoms with E-state index in [2.05, 4.69) is 4.98 Å². The number of carboxylic acid groups (broad SMARTS) is 1. The number of carboxylic acids is 1. The fourth-order valence-corrected chi connectivity index (χ4v) is 2.19. The Morgan fingerprint density at radius 2 is 1.90 bits per heavy atom. The fourth-order valence-electron chi connectivity index (χ4n) is 2.03. The highest BCUT2D eigenvalue weighted by molar-refractivity contribution is 6.30. The number of hydrogen-bond acceptors (Lipinski definition) is 2. The number of halogens is 2. The van der Waals surface area contributed by atoms with Gasteiger partial charge in [0.25, 0.3) is 0 Å². The van der Waals surface area contributed by atoms with E-state index in [1.807, 2.05) is 0 Å². The van der Waals surface area contributed by atoms with Gasteiger partial charge < -0.3 is 5.11 Å². The Kier molecular flexibility index (Phi) is 2.91. The van der Waals surface area contributed by atoms with Crippen LogP contribution < -0.4 is 0 Å². The lowest BCUT2D eigenvalue weighted by atomic mass is 10.1. The predicted molar refractivity (Wildman–Crippen MR) is 72.6 cm³/mol. The molecule has 0 unspecified atom stereocenters. The van der Waals surface area contributed by atoms with Crippen molar-refractivity contribution in [2.45, 2.75) is 0 Å². The summed E-state index contributed by atoms with van der Waals surface area (Å²) in [6.07, 6.45) is 1.49. The van der Waals surface area contributed by atoms with E-state index in [-0.39, 0.29) is 11.4 Å². The molecule has 0 aliphatic rings. The topological polar surface area (TPSA) is 54.6 Å². The summed E-state index contributed by atoms with van der Waals surface area (Å²) in [6, 6.07) is 8.76. The van der Waals surface area contributed by atoms with E-state index < -0.39 is 11.8 Å². The second-order valence-corrected chi connectivity index (χ2v) is 4.63. The van der Waals surface area contributed by atoms with Crippen LogP contribution in [0.3, 0.4) is 0 Å². The molecule has 6 heteroatoms. The minimum Gasteiger partial charge on any atom is -0.476 e. The van der Waals surface area contributed by atoms with E-state index in [1.165, 1.54) is 34.9 Å². The molecule has 0 spiro atoms. The van der Waals surface area contributed by atoms with Crippen LogP contribution in [0, 0.1) is 5.82 Å². The Morgan fingerprint density at radius 3 is 2.55 bits per heavy atom. The molecule has 1 N–H and O–H groups in total. The minimum absolute atomic E-state index is 0.00546. The van der Waals surface area contributed by atoms with Gasteiger partial charge >= 0.3 is 5.97 Å². The molecule has 0 amide bonds. The van der Waals surface area contributed by atoms with Gasteiger partial charge in [0, 0.05) is 11.8 Å². The molecule has 3 rings (SSSR count). The lowest BCUT2D eigenvalue weighted by Gasteiger charge is -2.00. The maximum atomic E-state index is 13.0. The molecule has 0 aliphatic carbocycles. The second-order valence-electron chi connectivity index (χ2n) is 4.20. The summed E-state index contributed by atoms with van der Waals surface area (Å²) in [5, 5.41) is 9.79.